The van der Waals surface area contributed by atoms with E-state index < -0.39 is 0 Å². The number of morpholine rings is 1. The third-order valence-electron chi connectivity index (χ3n) is 5.30. The van der Waals surface area contributed by atoms with Gasteiger partial charge >= 0.3 is 6.03 Å². The fourth-order valence-electron chi connectivity index (χ4n) is 3.63. The van der Waals surface area contributed by atoms with Crippen LogP contribution in [0.1, 0.15) is 36.4 Å². The standard InChI is InChI=1S/C24H31N3O3/c28-23(27-16-18-30-19-17-27)14-15-25-24(29)26-22(21-11-5-2-6-12-21)13-7-10-20-8-3-1-4-9-20/h1-6,8-9,11-12,22H,7,10,13-19H2,(H2,25,26,29). The molecule has 1 heterocycles. The number of hydrogen-bond acceptors (Lipinski definition) is 3. The van der Waals surface area contributed by atoms with Gasteiger partial charge in [-0.3, -0.25) is 4.79 Å². The highest BCUT2D eigenvalue weighted by molar-refractivity contribution is 5.78. The zero-order valence-electron chi connectivity index (χ0n) is 17.4. The Morgan fingerprint density at radius 2 is 1.63 bits per heavy atom. The highest BCUT2D eigenvalue weighted by atomic mass is 16.5. The van der Waals surface area contributed by atoms with E-state index in [0.29, 0.717) is 39.3 Å². The lowest BCUT2D eigenvalue weighted by Crippen LogP contribution is -2.43. The average molecular weight is 410 g/mol. The largest absolute Gasteiger partial charge is 0.378 e. The van der Waals surface area contributed by atoms with Gasteiger partial charge in [0.05, 0.1) is 19.3 Å². The number of benzene rings is 2. The maximum absolute atomic E-state index is 12.5. The molecule has 0 aromatic heterocycles. The molecule has 6 heteroatoms. The third-order valence-corrected chi connectivity index (χ3v) is 5.30. The quantitative estimate of drug-likeness (QED) is 0.668. The Morgan fingerprint density at radius 3 is 2.33 bits per heavy atom. The molecule has 2 aromatic rings. The Labute approximate surface area is 178 Å². The number of aryl methyl sites for hydroxylation is 1. The van der Waals surface area contributed by atoms with Crippen LogP contribution in [-0.2, 0) is 16.0 Å². The van der Waals surface area contributed by atoms with E-state index in [0.717, 1.165) is 24.8 Å². The Kier molecular flexibility index (Phi) is 8.72. The van der Waals surface area contributed by atoms with E-state index >= 15 is 0 Å². The van der Waals surface area contributed by atoms with Crippen molar-refractivity contribution in [2.24, 2.45) is 0 Å². The van der Waals surface area contributed by atoms with E-state index in [2.05, 4.69) is 22.8 Å². The molecule has 0 saturated carbocycles. The monoisotopic (exact) mass is 409 g/mol. The summed E-state index contributed by atoms with van der Waals surface area (Å²) in [7, 11) is 0. The summed E-state index contributed by atoms with van der Waals surface area (Å²) in [6.45, 7) is 2.75. The van der Waals surface area contributed by atoms with Gasteiger partial charge in [-0.2, -0.15) is 0 Å². The molecule has 1 aliphatic heterocycles. The van der Waals surface area contributed by atoms with E-state index in [4.69, 9.17) is 4.74 Å². The van der Waals surface area contributed by atoms with E-state index in [1.165, 1.54) is 5.56 Å². The summed E-state index contributed by atoms with van der Waals surface area (Å²) in [4.78, 5) is 26.4. The van der Waals surface area contributed by atoms with Crippen LogP contribution in [0.4, 0.5) is 4.79 Å². The average Bonchev–Trinajstić information content (AvgIpc) is 2.80. The molecule has 1 unspecified atom stereocenters. The number of ether oxygens (including phenoxy) is 1. The van der Waals surface area contributed by atoms with E-state index in [1.807, 2.05) is 48.5 Å². The van der Waals surface area contributed by atoms with Gasteiger partial charge < -0.3 is 20.3 Å². The van der Waals surface area contributed by atoms with Crippen LogP contribution in [0.3, 0.4) is 0 Å². The van der Waals surface area contributed by atoms with Crippen molar-refractivity contribution in [3.8, 4) is 0 Å². The smallest absolute Gasteiger partial charge is 0.315 e. The van der Waals surface area contributed by atoms with Crippen LogP contribution >= 0.6 is 0 Å². The van der Waals surface area contributed by atoms with Crippen molar-refractivity contribution in [3.63, 3.8) is 0 Å². The fourth-order valence-corrected chi connectivity index (χ4v) is 3.63. The Balaban J connectivity index is 1.45. The zero-order valence-corrected chi connectivity index (χ0v) is 17.4. The summed E-state index contributed by atoms with van der Waals surface area (Å²) in [6, 6.07) is 20.1. The second kappa shape index (κ2) is 12.0. The predicted octanol–water partition coefficient (Wildman–Crippen LogP) is 3.30. The van der Waals surface area contributed by atoms with Crippen LogP contribution in [0.2, 0.25) is 0 Å². The minimum atomic E-state index is -0.238. The number of nitrogens with zero attached hydrogens (tertiary/aromatic N) is 1. The molecule has 1 aliphatic rings. The summed E-state index contributed by atoms with van der Waals surface area (Å²) in [6.07, 6.45) is 3.09. The first-order valence-electron chi connectivity index (χ1n) is 10.7. The number of amides is 3. The Bertz CT molecular complexity index is 777. The predicted molar refractivity (Wildman–Crippen MR) is 117 cm³/mol. The number of rotatable bonds is 9. The summed E-state index contributed by atoms with van der Waals surface area (Å²) >= 11 is 0. The lowest BCUT2D eigenvalue weighted by atomic mass is 9.99. The lowest BCUT2D eigenvalue weighted by molar-refractivity contribution is -0.135. The first kappa shape index (κ1) is 21.8. The molecular formula is C24H31N3O3. The normalized spacial score (nSPS) is 14.7. The number of carbonyl (C=O) groups is 2. The highest BCUT2D eigenvalue weighted by Gasteiger charge is 2.17. The molecule has 2 N–H and O–H groups in total. The first-order valence-corrected chi connectivity index (χ1v) is 10.7. The van der Waals surface area contributed by atoms with Crippen LogP contribution in [0.25, 0.3) is 0 Å². The molecule has 0 bridgehead atoms. The Morgan fingerprint density at radius 1 is 0.967 bits per heavy atom. The van der Waals surface area contributed by atoms with Crippen LogP contribution in [0, 0.1) is 0 Å². The Hall–Kier alpha value is -2.86. The van der Waals surface area contributed by atoms with Crippen molar-refractivity contribution in [1.82, 2.24) is 15.5 Å². The molecule has 1 atom stereocenters. The molecule has 0 radical (unpaired) electrons. The van der Waals surface area contributed by atoms with Gasteiger partial charge in [0.25, 0.3) is 0 Å². The molecule has 0 aliphatic carbocycles. The minimum Gasteiger partial charge on any atom is -0.378 e. The molecule has 1 fully saturated rings. The van der Waals surface area contributed by atoms with E-state index in [-0.39, 0.29) is 18.0 Å². The number of hydrogen-bond donors (Lipinski definition) is 2. The second-order valence-corrected chi connectivity index (χ2v) is 7.48. The maximum Gasteiger partial charge on any atom is 0.315 e. The number of urea groups is 1. The van der Waals surface area contributed by atoms with Gasteiger partial charge in [0, 0.05) is 26.1 Å². The topological polar surface area (TPSA) is 70.7 Å². The molecule has 30 heavy (non-hydrogen) atoms. The van der Waals surface area contributed by atoms with Gasteiger partial charge in [-0.05, 0) is 30.4 Å². The van der Waals surface area contributed by atoms with Crippen molar-refractivity contribution >= 4 is 11.9 Å². The second-order valence-electron chi connectivity index (χ2n) is 7.48. The molecule has 3 amide bonds. The molecule has 2 aromatic carbocycles. The first-order chi connectivity index (χ1) is 14.7. The van der Waals surface area contributed by atoms with Crippen molar-refractivity contribution in [3.05, 3.63) is 71.8 Å². The number of nitrogens with one attached hydrogen (secondary N) is 2. The lowest BCUT2D eigenvalue weighted by Gasteiger charge is -2.27. The zero-order chi connectivity index (χ0) is 21.0. The minimum absolute atomic E-state index is 0.0565. The molecule has 6 nitrogen and oxygen atoms in total. The van der Waals surface area contributed by atoms with Gasteiger partial charge in [0.15, 0.2) is 0 Å². The van der Waals surface area contributed by atoms with E-state index in [1.54, 1.807) is 4.90 Å². The SMILES string of the molecule is O=C(NCCC(=O)N1CCOCC1)NC(CCCc1ccccc1)c1ccccc1. The summed E-state index contributed by atoms with van der Waals surface area (Å²) in [5.41, 5.74) is 2.39. The molecule has 3 rings (SSSR count). The maximum atomic E-state index is 12.5. The van der Waals surface area contributed by atoms with Gasteiger partial charge in [0.2, 0.25) is 5.91 Å². The summed E-state index contributed by atoms with van der Waals surface area (Å²) in [5.74, 6) is 0.0565. The van der Waals surface area contributed by atoms with Crippen molar-refractivity contribution < 1.29 is 14.3 Å². The van der Waals surface area contributed by atoms with Crippen LogP contribution in [-0.4, -0.2) is 49.7 Å². The summed E-state index contributed by atoms with van der Waals surface area (Å²) < 4.78 is 5.27. The van der Waals surface area contributed by atoms with Crippen molar-refractivity contribution in [2.75, 3.05) is 32.8 Å². The molecule has 160 valence electrons. The fraction of sp³-hybridized carbons (Fsp3) is 0.417. The van der Waals surface area contributed by atoms with Crippen LogP contribution < -0.4 is 10.6 Å². The van der Waals surface area contributed by atoms with Gasteiger partial charge in [0.1, 0.15) is 0 Å². The highest BCUT2D eigenvalue weighted by Crippen LogP contribution is 2.19. The van der Waals surface area contributed by atoms with Gasteiger partial charge in [-0.15, -0.1) is 0 Å². The van der Waals surface area contributed by atoms with Crippen molar-refractivity contribution in [1.29, 1.82) is 0 Å². The van der Waals surface area contributed by atoms with Crippen LogP contribution in [0.5, 0.6) is 0 Å². The summed E-state index contributed by atoms with van der Waals surface area (Å²) in [5, 5.41) is 5.91. The molecule has 0 spiro atoms. The van der Waals surface area contributed by atoms with Gasteiger partial charge in [-0.25, -0.2) is 4.79 Å². The molecule has 1 saturated heterocycles. The number of carbonyl (C=O) groups excluding carboxylic acids is 2. The van der Waals surface area contributed by atoms with Crippen LogP contribution in [0.15, 0.2) is 60.7 Å². The van der Waals surface area contributed by atoms with Gasteiger partial charge in [-0.1, -0.05) is 60.7 Å². The molecular weight excluding hydrogens is 378 g/mol. The van der Waals surface area contributed by atoms with E-state index in [9.17, 15) is 9.59 Å². The third kappa shape index (κ3) is 7.19. The van der Waals surface area contributed by atoms with Crippen molar-refractivity contribution in [2.45, 2.75) is 31.7 Å².